The van der Waals surface area contributed by atoms with E-state index in [1.54, 1.807) is 30.5 Å². The van der Waals surface area contributed by atoms with Crippen molar-refractivity contribution in [1.82, 2.24) is 20.1 Å². The Morgan fingerprint density at radius 3 is 2.84 bits per heavy atom. The number of benzene rings is 1. The van der Waals surface area contributed by atoms with Crippen molar-refractivity contribution in [3.05, 3.63) is 41.3 Å². The van der Waals surface area contributed by atoms with Gasteiger partial charge >= 0.3 is 0 Å². The quantitative estimate of drug-likeness (QED) is 0.781. The number of rotatable bonds is 2. The van der Waals surface area contributed by atoms with Crippen LogP contribution in [-0.2, 0) is 0 Å². The van der Waals surface area contributed by atoms with Crippen molar-refractivity contribution in [3.63, 3.8) is 0 Å². The third-order valence-electron chi connectivity index (χ3n) is 2.43. The molecule has 3 aromatic rings. The standard InChI is InChI=1S/C12H7BrN4O2/c13-7-1-2-8(10(18)5-7)12-16-11(17-19-12)9-3-4-14-6-15-9/h1-6,18H. The largest absolute Gasteiger partial charge is 0.507 e. The summed E-state index contributed by atoms with van der Waals surface area (Å²) < 4.78 is 5.90. The van der Waals surface area contributed by atoms with E-state index < -0.39 is 0 Å². The van der Waals surface area contributed by atoms with Gasteiger partial charge in [-0.05, 0) is 24.3 Å². The summed E-state index contributed by atoms with van der Waals surface area (Å²) in [6, 6.07) is 6.71. The Bertz CT molecular complexity index is 715. The first kappa shape index (κ1) is 11.8. The Morgan fingerprint density at radius 2 is 2.11 bits per heavy atom. The molecule has 94 valence electrons. The molecular weight excluding hydrogens is 312 g/mol. The van der Waals surface area contributed by atoms with Crippen LogP contribution in [0.1, 0.15) is 0 Å². The molecule has 0 aliphatic heterocycles. The van der Waals surface area contributed by atoms with Crippen LogP contribution < -0.4 is 0 Å². The van der Waals surface area contributed by atoms with E-state index >= 15 is 0 Å². The van der Waals surface area contributed by atoms with E-state index in [0.29, 0.717) is 17.1 Å². The van der Waals surface area contributed by atoms with Crippen LogP contribution in [0, 0.1) is 0 Å². The van der Waals surface area contributed by atoms with Crippen molar-refractivity contribution in [3.8, 4) is 28.7 Å². The molecule has 1 aromatic carbocycles. The smallest absolute Gasteiger partial charge is 0.262 e. The third kappa shape index (κ3) is 2.32. The lowest BCUT2D eigenvalue weighted by Gasteiger charge is -1.98. The summed E-state index contributed by atoms with van der Waals surface area (Å²) in [4.78, 5) is 12.0. The van der Waals surface area contributed by atoms with Crippen LogP contribution in [0.15, 0.2) is 45.8 Å². The first-order valence-electron chi connectivity index (χ1n) is 5.33. The van der Waals surface area contributed by atoms with Gasteiger partial charge in [0.25, 0.3) is 5.89 Å². The molecule has 7 heteroatoms. The molecule has 0 spiro atoms. The fourth-order valence-electron chi connectivity index (χ4n) is 1.55. The lowest BCUT2D eigenvalue weighted by molar-refractivity contribution is 0.425. The molecule has 6 nitrogen and oxygen atoms in total. The number of hydrogen-bond donors (Lipinski definition) is 1. The van der Waals surface area contributed by atoms with Crippen LogP contribution in [0.3, 0.4) is 0 Å². The maximum absolute atomic E-state index is 9.84. The fraction of sp³-hybridized carbons (Fsp3) is 0. The molecule has 0 unspecified atom stereocenters. The van der Waals surface area contributed by atoms with Crippen molar-refractivity contribution in [1.29, 1.82) is 0 Å². The molecule has 0 aliphatic rings. The molecule has 0 radical (unpaired) electrons. The summed E-state index contributed by atoms with van der Waals surface area (Å²) in [5.74, 6) is 0.644. The van der Waals surface area contributed by atoms with Gasteiger partial charge in [0.05, 0.1) is 5.56 Å². The van der Waals surface area contributed by atoms with Crippen LogP contribution >= 0.6 is 15.9 Å². The minimum absolute atomic E-state index is 0.0623. The predicted molar refractivity (Wildman–Crippen MR) is 70.1 cm³/mol. The van der Waals surface area contributed by atoms with E-state index in [9.17, 15) is 5.11 Å². The molecule has 0 amide bonds. The van der Waals surface area contributed by atoms with Gasteiger partial charge in [-0.1, -0.05) is 21.1 Å². The topological polar surface area (TPSA) is 84.9 Å². The highest BCUT2D eigenvalue weighted by atomic mass is 79.9. The van der Waals surface area contributed by atoms with Crippen LogP contribution in [0.4, 0.5) is 0 Å². The Balaban J connectivity index is 2.02. The molecule has 0 bridgehead atoms. The first-order valence-corrected chi connectivity index (χ1v) is 6.12. The number of phenolic OH excluding ortho intramolecular Hbond substituents is 1. The van der Waals surface area contributed by atoms with E-state index in [1.165, 1.54) is 6.33 Å². The number of nitrogens with zero attached hydrogens (tertiary/aromatic N) is 4. The highest BCUT2D eigenvalue weighted by Crippen LogP contribution is 2.31. The van der Waals surface area contributed by atoms with Crippen molar-refractivity contribution in [2.24, 2.45) is 0 Å². The second kappa shape index (κ2) is 4.77. The van der Waals surface area contributed by atoms with Crippen LogP contribution in [0.25, 0.3) is 23.0 Å². The van der Waals surface area contributed by atoms with Gasteiger partial charge < -0.3 is 9.63 Å². The van der Waals surface area contributed by atoms with E-state index in [4.69, 9.17) is 4.52 Å². The van der Waals surface area contributed by atoms with Crippen LogP contribution in [-0.4, -0.2) is 25.2 Å². The highest BCUT2D eigenvalue weighted by Gasteiger charge is 2.14. The fourth-order valence-corrected chi connectivity index (χ4v) is 1.89. The lowest BCUT2D eigenvalue weighted by atomic mass is 10.2. The highest BCUT2D eigenvalue weighted by molar-refractivity contribution is 9.10. The molecule has 0 aliphatic carbocycles. The van der Waals surface area contributed by atoms with Gasteiger partial charge in [-0.25, -0.2) is 9.97 Å². The van der Waals surface area contributed by atoms with Gasteiger partial charge in [-0.3, -0.25) is 0 Å². The molecule has 0 atom stereocenters. The molecule has 0 fully saturated rings. The van der Waals surface area contributed by atoms with Gasteiger partial charge in [0.15, 0.2) is 0 Å². The molecule has 2 heterocycles. The normalized spacial score (nSPS) is 10.6. The van der Waals surface area contributed by atoms with Crippen molar-refractivity contribution in [2.75, 3.05) is 0 Å². The minimum Gasteiger partial charge on any atom is -0.507 e. The third-order valence-corrected chi connectivity index (χ3v) is 2.92. The van der Waals surface area contributed by atoms with Crippen molar-refractivity contribution < 1.29 is 9.63 Å². The van der Waals surface area contributed by atoms with Gasteiger partial charge in [0.2, 0.25) is 5.82 Å². The molecular formula is C12H7BrN4O2. The maximum atomic E-state index is 9.84. The summed E-state index contributed by atoms with van der Waals surface area (Å²) >= 11 is 3.27. The number of phenols is 1. The average Bonchev–Trinajstić information content (AvgIpc) is 2.89. The predicted octanol–water partition coefficient (Wildman–Crippen LogP) is 2.66. The second-order valence-corrected chi connectivity index (χ2v) is 4.59. The molecule has 0 saturated carbocycles. The van der Waals surface area contributed by atoms with Gasteiger partial charge in [0, 0.05) is 10.7 Å². The minimum atomic E-state index is 0.0623. The number of halogens is 1. The van der Waals surface area contributed by atoms with Crippen LogP contribution in [0.2, 0.25) is 0 Å². The molecule has 3 rings (SSSR count). The van der Waals surface area contributed by atoms with E-state index in [1.807, 2.05) is 0 Å². The zero-order valence-corrected chi connectivity index (χ0v) is 11.1. The SMILES string of the molecule is Oc1cc(Br)ccc1-c1nc(-c2ccncn2)no1. The number of hydrogen-bond acceptors (Lipinski definition) is 6. The van der Waals surface area contributed by atoms with Crippen molar-refractivity contribution >= 4 is 15.9 Å². The maximum Gasteiger partial charge on any atom is 0.262 e. The Labute approximate surface area is 116 Å². The zero-order chi connectivity index (χ0) is 13.2. The second-order valence-electron chi connectivity index (χ2n) is 3.68. The summed E-state index contributed by atoms with van der Waals surface area (Å²) in [7, 11) is 0. The Morgan fingerprint density at radius 1 is 1.21 bits per heavy atom. The summed E-state index contributed by atoms with van der Waals surface area (Å²) in [5, 5.41) is 13.7. The molecule has 2 aromatic heterocycles. The van der Waals surface area contributed by atoms with Crippen LogP contribution in [0.5, 0.6) is 5.75 Å². The van der Waals surface area contributed by atoms with Gasteiger partial charge in [-0.2, -0.15) is 4.98 Å². The molecule has 0 saturated heterocycles. The summed E-state index contributed by atoms with van der Waals surface area (Å²) in [6.45, 7) is 0. The lowest BCUT2D eigenvalue weighted by Crippen LogP contribution is -1.86. The Hall–Kier alpha value is -2.28. The number of aromatic nitrogens is 4. The summed E-state index contributed by atoms with van der Waals surface area (Å²) in [6.07, 6.45) is 3.00. The Kier molecular flexibility index (Phi) is 2.96. The van der Waals surface area contributed by atoms with Crippen molar-refractivity contribution in [2.45, 2.75) is 0 Å². The zero-order valence-electron chi connectivity index (χ0n) is 9.49. The molecule has 19 heavy (non-hydrogen) atoms. The van der Waals surface area contributed by atoms with E-state index in [2.05, 4.69) is 36.0 Å². The molecule has 1 N–H and O–H groups in total. The first-order chi connectivity index (χ1) is 9.24. The van der Waals surface area contributed by atoms with E-state index in [0.717, 1.165) is 4.47 Å². The average molecular weight is 319 g/mol. The monoisotopic (exact) mass is 318 g/mol. The number of aromatic hydroxyl groups is 1. The van der Waals surface area contributed by atoms with Gasteiger partial charge in [0.1, 0.15) is 17.8 Å². The van der Waals surface area contributed by atoms with E-state index in [-0.39, 0.29) is 11.6 Å². The summed E-state index contributed by atoms with van der Waals surface area (Å²) in [5.41, 5.74) is 1.03. The van der Waals surface area contributed by atoms with Gasteiger partial charge in [-0.15, -0.1) is 0 Å².